The summed E-state index contributed by atoms with van der Waals surface area (Å²) in [4.78, 5) is 32.7. The molecule has 0 N–H and O–H groups in total. The van der Waals surface area contributed by atoms with E-state index in [2.05, 4.69) is 11.1 Å². The Hall–Kier alpha value is -2.97. The van der Waals surface area contributed by atoms with Gasteiger partial charge in [0.15, 0.2) is 5.16 Å². The number of aromatic nitrogens is 2. The molecule has 5 nitrogen and oxygen atoms in total. The molecular formula is C24H20FN3O2S2. The smallest absolute Gasteiger partial charge is 0.272 e. The largest absolute Gasteiger partial charge is 0.311 e. The van der Waals surface area contributed by atoms with Crippen LogP contribution in [0, 0.1) is 5.82 Å². The third kappa shape index (κ3) is 3.96. The maximum Gasteiger partial charge on any atom is 0.272 e. The van der Waals surface area contributed by atoms with Crippen LogP contribution < -0.4 is 10.5 Å². The Morgan fingerprint density at radius 2 is 1.94 bits per heavy atom. The molecule has 0 saturated heterocycles. The first kappa shape index (κ1) is 20.9. The molecule has 2 aromatic carbocycles. The predicted molar refractivity (Wildman–Crippen MR) is 127 cm³/mol. The van der Waals surface area contributed by atoms with Crippen molar-refractivity contribution in [2.24, 2.45) is 0 Å². The van der Waals surface area contributed by atoms with E-state index in [1.165, 1.54) is 39.3 Å². The average molecular weight is 466 g/mol. The second-order valence-corrected chi connectivity index (χ2v) is 9.44. The number of fused-ring (bicyclic) bond motifs is 2. The molecule has 5 rings (SSSR count). The lowest BCUT2D eigenvalue weighted by Gasteiger charge is -2.29. The summed E-state index contributed by atoms with van der Waals surface area (Å²) in [6.45, 7) is 0.741. The Kier molecular flexibility index (Phi) is 5.80. The van der Waals surface area contributed by atoms with Gasteiger partial charge in [0.05, 0.1) is 17.8 Å². The zero-order valence-electron chi connectivity index (χ0n) is 17.2. The molecule has 8 heteroatoms. The molecule has 32 heavy (non-hydrogen) atoms. The lowest BCUT2D eigenvalue weighted by molar-refractivity contribution is -0.116. The Morgan fingerprint density at radius 1 is 1.12 bits per heavy atom. The number of benzene rings is 2. The van der Waals surface area contributed by atoms with Crippen LogP contribution in [0.3, 0.4) is 0 Å². The van der Waals surface area contributed by atoms with Crippen molar-refractivity contribution >= 4 is 44.9 Å². The SMILES string of the molecule is O=C(CSc1nc2ccsc2c(=O)n1Cc1ccccc1F)N1CCCc2ccccc21. The summed E-state index contributed by atoms with van der Waals surface area (Å²) in [5.74, 6) is -0.255. The molecule has 1 aliphatic heterocycles. The monoisotopic (exact) mass is 465 g/mol. The molecule has 0 aliphatic carbocycles. The Balaban J connectivity index is 1.45. The number of amides is 1. The third-order valence-corrected chi connectivity index (χ3v) is 7.41. The van der Waals surface area contributed by atoms with Gasteiger partial charge < -0.3 is 4.90 Å². The molecule has 3 heterocycles. The Morgan fingerprint density at radius 3 is 2.81 bits per heavy atom. The zero-order valence-corrected chi connectivity index (χ0v) is 18.8. The average Bonchev–Trinajstić information content (AvgIpc) is 3.29. The van der Waals surface area contributed by atoms with Gasteiger partial charge in [-0.25, -0.2) is 9.37 Å². The van der Waals surface area contributed by atoms with E-state index < -0.39 is 0 Å². The lowest BCUT2D eigenvalue weighted by Crippen LogP contribution is -2.36. The van der Waals surface area contributed by atoms with Crippen LogP contribution >= 0.6 is 23.1 Å². The lowest BCUT2D eigenvalue weighted by atomic mass is 10.0. The summed E-state index contributed by atoms with van der Waals surface area (Å²) in [6.07, 6.45) is 1.89. The highest BCUT2D eigenvalue weighted by Crippen LogP contribution is 2.28. The summed E-state index contributed by atoms with van der Waals surface area (Å²) in [5.41, 5.74) is 2.92. The molecule has 162 valence electrons. The van der Waals surface area contributed by atoms with Gasteiger partial charge in [-0.1, -0.05) is 48.2 Å². The highest BCUT2D eigenvalue weighted by Gasteiger charge is 2.23. The second kappa shape index (κ2) is 8.88. The number of halogens is 1. The van der Waals surface area contributed by atoms with Gasteiger partial charge in [0.25, 0.3) is 5.56 Å². The van der Waals surface area contributed by atoms with Gasteiger partial charge in [-0.2, -0.15) is 0 Å². The maximum atomic E-state index is 14.3. The van der Waals surface area contributed by atoms with Crippen molar-refractivity contribution in [3.8, 4) is 0 Å². The fourth-order valence-electron chi connectivity index (χ4n) is 3.97. The van der Waals surface area contributed by atoms with E-state index in [4.69, 9.17) is 0 Å². The van der Waals surface area contributed by atoms with E-state index >= 15 is 0 Å². The van der Waals surface area contributed by atoms with Gasteiger partial charge in [0.2, 0.25) is 5.91 Å². The zero-order chi connectivity index (χ0) is 22.1. The summed E-state index contributed by atoms with van der Waals surface area (Å²) in [5, 5.41) is 2.24. The summed E-state index contributed by atoms with van der Waals surface area (Å²) in [7, 11) is 0. The molecule has 0 spiro atoms. The van der Waals surface area contributed by atoms with Crippen LogP contribution in [-0.4, -0.2) is 27.8 Å². The molecule has 0 unspecified atom stereocenters. The van der Waals surface area contributed by atoms with Crippen molar-refractivity contribution in [2.75, 3.05) is 17.2 Å². The van der Waals surface area contributed by atoms with Crippen LogP contribution in [0.2, 0.25) is 0 Å². The standard InChI is InChI=1S/C24H20FN3O2S2/c25-18-9-3-1-7-17(18)14-28-23(30)22-19(11-13-31-22)26-24(28)32-15-21(29)27-12-5-8-16-6-2-4-10-20(16)27/h1-4,6-7,9-11,13H,5,8,12,14-15H2. The molecule has 0 bridgehead atoms. The van der Waals surface area contributed by atoms with Crippen molar-refractivity contribution in [3.05, 3.63) is 87.3 Å². The molecule has 0 radical (unpaired) electrons. The van der Waals surface area contributed by atoms with Gasteiger partial charge in [-0.3, -0.25) is 14.2 Å². The van der Waals surface area contributed by atoms with E-state index in [0.717, 1.165) is 18.5 Å². The molecule has 1 aliphatic rings. The number of thiophene rings is 1. The first-order chi connectivity index (χ1) is 15.6. The number of rotatable bonds is 5. The van der Waals surface area contributed by atoms with Crippen molar-refractivity contribution in [3.63, 3.8) is 0 Å². The van der Waals surface area contributed by atoms with Crippen molar-refractivity contribution in [2.45, 2.75) is 24.5 Å². The van der Waals surface area contributed by atoms with Gasteiger partial charge in [0.1, 0.15) is 10.5 Å². The summed E-state index contributed by atoms with van der Waals surface area (Å²) in [6, 6.07) is 16.1. The molecule has 0 saturated carbocycles. The Bertz CT molecular complexity index is 1360. The molecule has 0 atom stereocenters. The fraction of sp³-hybridized carbons (Fsp3) is 0.208. The molecule has 1 amide bonds. The molecular weight excluding hydrogens is 445 g/mol. The van der Waals surface area contributed by atoms with Crippen LogP contribution in [0.25, 0.3) is 10.2 Å². The highest BCUT2D eigenvalue weighted by atomic mass is 32.2. The molecule has 4 aromatic rings. The number of anilines is 1. The van der Waals surface area contributed by atoms with E-state index in [1.807, 2.05) is 28.5 Å². The van der Waals surface area contributed by atoms with Crippen LogP contribution in [0.5, 0.6) is 0 Å². The highest BCUT2D eigenvalue weighted by molar-refractivity contribution is 7.99. The van der Waals surface area contributed by atoms with E-state index in [-0.39, 0.29) is 29.6 Å². The van der Waals surface area contributed by atoms with Crippen LogP contribution in [-0.2, 0) is 17.8 Å². The number of carbonyl (C=O) groups excluding carboxylic acids is 1. The quantitative estimate of drug-likeness (QED) is 0.316. The van der Waals surface area contributed by atoms with E-state index in [0.29, 0.717) is 27.5 Å². The van der Waals surface area contributed by atoms with Gasteiger partial charge in [-0.05, 0) is 42.0 Å². The van der Waals surface area contributed by atoms with Gasteiger partial charge in [0, 0.05) is 17.8 Å². The first-order valence-electron chi connectivity index (χ1n) is 10.3. The second-order valence-electron chi connectivity index (χ2n) is 7.58. The number of hydrogen-bond acceptors (Lipinski definition) is 5. The molecule has 2 aromatic heterocycles. The fourth-order valence-corrected chi connectivity index (χ4v) is 5.62. The number of thioether (sulfide) groups is 1. The maximum absolute atomic E-state index is 14.3. The van der Waals surface area contributed by atoms with E-state index in [9.17, 15) is 14.0 Å². The minimum absolute atomic E-state index is 0.0285. The van der Waals surface area contributed by atoms with Crippen LogP contribution in [0.1, 0.15) is 17.5 Å². The van der Waals surface area contributed by atoms with Crippen molar-refractivity contribution in [1.29, 1.82) is 0 Å². The third-order valence-electron chi connectivity index (χ3n) is 5.55. The number of nitrogens with zero attached hydrogens (tertiary/aromatic N) is 3. The van der Waals surface area contributed by atoms with Crippen LogP contribution in [0.15, 0.2) is 69.9 Å². The number of aryl methyl sites for hydroxylation is 1. The minimum Gasteiger partial charge on any atom is -0.311 e. The topological polar surface area (TPSA) is 55.2 Å². The van der Waals surface area contributed by atoms with Gasteiger partial charge in [-0.15, -0.1) is 11.3 Å². The number of para-hydroxylation sites is 1. The summed E-state index contributed by atoms with van der Waals surface area (Å²) < 4.78 is 16.3. The van der Waals surface area contributed by atoms with Crippen molar-refractivity contribution in [1.82, 2.24) is 9.55 Å². The van der Waals surface area contributed by atoms with E-state index in [1.54, 1.807) is 24.3 Å². The normalized spacial score (nSPS) is 13.3. The van der Waals surface area contributed by atoms with Crippen LogP contribution in [0.4, 0.5) is 10.1 Å². The number of carbonyl (C=O) groups is 1. The first-order valence-corrected chi connectivity index (χ1v) is 12.2. The van der Waals surface area contributed by atoms with Crippen molar-refractivity contribution < 1.29 is 9.18 Å². The predicted octanol–water partition coefficient (Wildman–Crippen LogP) is 4.72. The molecule has 0 fully saturated rings. The van der Waals surface area contributed by atoms with Gasteiger partial charge >= 0.3 is 0 Å². The minimum atomic E-state index is -0.373. The number of hydrogen-bond donors (Lipinski definition) is 0. The Labute approximate surface area is 192 Å². The summed E-state index contributed by atoms with van der Waals surface area (Å²) >= 11 is 2.54.